The average molecular weight is 451 g/mol. The molecule has 0 aliphatic carbocycles. The van der Waals surface area contributed by atoms with Crippen molar-refractivity contribution in [3.05, 3.63) is 98.7 Å². The lowest BCUT2D eigenvalue weighted by Gasteiger charge is -2.20. The Hall–Kier alpha value is -4.30. The maximum atomic E-state index is 13.4. The predicted molar refractivity (Wildman–Crippen MR) is 137 cm³/mol. The molecule has 5 nitrogen and oxygen atoms in total. The molecule has 0 saturated carbocycles. The van der Waals surface area contributed by atoms with E-state index in [1.165, 1.54) is 0 Å². The second-order valence-corrected chi connectivity index (χ2v) is 8.33. The van der Waals surface area contributed by atoms with E-state index in [-0.39, 0.29) is 17.4 Å². The number of aryl methyl sites for hydroxylation is 1. The summed E-state index contributed by atoms with van der Waals surface area (Å²) in [4.78, 5) is 25.7. The minimum Gasteiger partial charge on any atom is -0.455 e. The number of amides is 1. The number of rotatable bonds is 5. The van der Waals surface area contributed by atoms with Gasteiger partial charge in [0.15, 0.2) is 5.43 Å². The van der Waals surface area contributed by atoms with Crippen LogP contribution < -0.4 is 16.1 Å². The van der Waals surface area contributed by atoms with E-state index in [1.807, 2.05) is 68.4 Å². The van der Waals surface area contributed by atoms with E-state index < -0.39 is 0 Å². The topological polar surface area (TPSA) is 71.3 Å². The van der Waals surface area contributed by atoms with Crippen molar-refractivity contribution in [2.24, 2.45) is 0 Å². The van der Waals surface area contributed by atoms with Gasteiger partial charge in [-0.25, -0.2) is 0 Å². The molecule has 1 heterocycles. The third-order valence-electron chi connectivity index (χ3n) is 5.92. The van der Waals surface area contributed by atoms with Gasteiger partial charge in [0, 0.05) is 35.0 Å². The van der Waals surface area contributed by atoms with Crippen LogP contribution in [0.3, 0.4) is 0 Å². The van der Waals surface area contributed by atoms with Crippen LogP contribution in [0.4, 0.5) is 5.69 Å². The van der Waals surface area contributed by atoms with Crippen molar-refractivity contribution in [1.29, 1.82) is 0 Å². The summed E-state index contributed by atoms with van der Waals surface area (Å²) < 4.78 is 6.41. The Labute approximate surface area is 198 Å². The van der Waals surface area contributed by atoms with Gasteiger partial charge in [0.25, 0.3) is 5.91 Å². The summed E-state index contributed by atoms with van der Waals surface area (Å²) in [5.41, 5.74) is 5.44. The van der Waals surface area contributed by atoms with Gasteiger partial charge in [-0.1, -0.05) is 36.3 Å². The maximum Gasteiger partial charge on any atom is 0.253 e. The van der Waals surface area contributed by atoms with Gasteiger partial charge >= 0.3 is 0 Å². The van der Waals surface area contributed by atoms with E-state index in [1.54, 1.807) is 20.0 Å². The van der Waals surface area contributed by atoms with E-state index in [4.69, 9.17) is 10.8 Å². The zero-order valence-electron chi connectivity index (χ0n) is 19.7. The summed E-state index contributed by atoms with van der Waals surface area (Å²) in [6, 6.07) is 18.3. The molecule has 0 aliphatic rings. The minimum atomic E-state index is -0.246. The van der Waals surface area contributed by atoms with Crippen LogP contribution in [-0.4, -0.2) is 13.0 Å². The van der Waals surface area contributed by atoms with Crippen molar-refractivity contribution in [1.82, 2.24) is 5.32 Å². The number of carbonyl (C=O) groups excluding carboxylic acids is 1. The summed E-state index contributed by atoms with van der Waals surface area (Å²) in [5.74, 6) is 2.95. The number of hydrogen-bond acceptors (Lipinski definition) is 4. The average Bonchev–Trinajstić information content (AvgIpc) is 2.85. The minimum absolute atomic E-state index is 0.0785. The molecule has 0 fully saturated rings. The smallest absolute Gasteiger partial charge is 0.253 e. The fourth-order valence-electron chi connectivity index (χ4n) is 4.17. The molecule has 3 aromatic carbocycles. The zero-order valence-corrected chi connectivity index (χ0v) is 19.7. The van der Waals surface area contributed by atoms with Crippen LogP contribution in [0.5, 0.6) is 0 Å². The maximum absolute atomic E-state index is 13.4. The summed E-state index contributed by atoms with van der Waals surface area (Å²) in [7, 11) is 1.60. The number of anilines is 1. The van der Waals surface area contributed by atoms with Crippen LogP contribution in [0.25, 0.3) is 22.3 Å². The number of hydrogen-bond donors (Lipinski definition) is 2. The van der Waals surface area contributed by atoms with Crippen molar-refractivity contribution >= 4 is 22.6 Å². The lowest BCUT2D eigenvalue weighted by atomic mass is 9.98. The van der Waals surface area contributed by atoms with Crippen molar-refractivity contribution in [3.8, 4) is 23.7 Å². The van der Waals surface area contributed by atoms with Crippen LogP contribution in [0.2, 0.25) is 0 Å². The SMILES string of the molecule is C#Cc1cccc(-c2oc3c(C(C)Nc4ccccc4C(=O)NC)cc(C)cc3c(=O)c2C)c1. The van der Waals surface area contributed by atoms with Crippen LogP contribution in [-0.2, 0) is 0 Å². The molecular weight excluding hydrogens is 424 g/mol. The van der Waals surface area contributed by atoms with E-state index >= 15 is 0 Å². The number of carbonyl (C=O) groups is 1. The van der Waals surface area contributed by atoms with Gasteiger partial charge in [0.2, 0.25) is 0 Å². The highest BCUT2D eigenvalue weighted by Crippen LogP contribution is 2.32. The van der Waals surface area contributed by atoms with Crippen LogP contribution in [0.1, 0.15) is 45.6 Å². The second kappa shape index (κ2) is 9.29. The second-order valence-electron chi connectivity index (χ2n) is 8.33. The molecule has 2 N–H and O–H groups in total. The Morgan fingerprint density at radius 1 is 1.06 bits per heavy atom. The summed E-state index contributed by atoms with van der Waals surface area (Å²) >= 11 is 0. The Bertz CT molecular complexity index is 1510. The Kier molecular flexibility index (Phi) is 6.25. The highest BCUT2D eigenvalue weighted by Gasteiger charge is 2.20. The van der Waals surface area contributed by atoms with Crippen LogP contribution in [0, 0.1) is 26.2 Å². The largest absolute Gasteiger partial charge is 0.455 e. The molecule has 1 unspecified atom stereocenters. The first-order valence-corrected chi connectivity index (χ1v) is 11.1. The molecule has 5 heteroatoms. The summed E-state index contributed by atoms with van der Waals surface area (Å²) in [6.45, 7) is 5.70. The molecule has 4 rings (SSSR count). The molecular formula is C29H26N2O3. The number of para-hydroxylation sites is 1. The third-order valence-corrected chi connectivity index (χ3v) is 5.92. The molecule has 1 aromatic heterocycles. The van der Waals surface area contributed by atoms with Crippen molar-refractivity contribution in [3.63, 3.8) is 0 Å². The number of benzene rings is 3. The van der Waals surface area contributed by atoms with Gasteiger partial charge < -0.3 is 15.1 Å². The Morgan fingerprint density at radius 3 is 2.56 bits per heavy atom. The number of fused-ring (bicyclic) bond motifs is 1. The fraction of sp³-hybridized carbons (Fsp3) is 0.172. The first-order chi connectivity index (χ1) is 16.3. The number of terminal acetylenes is 1. The fourth-order valence-corrected chi connectivity index (χ4v) is 4.17. The lowest BCUT2D eigenvalue weighted by molar-refractivity contribution is 0.0964. The third kappa shape index (κ3) is 4.18. The Balaban J connectivity index is 1.88. The van der Waals surface area contributed by atoms with E-state index in [2.05, 4.69) is 16.6 Å². The molecule has 1 amide bonds. The first-order valence-electron chi connectivity index (χ1n) is 11.1. The zero-order chi connectivity index (χ0) is 24.4. The van der Waals surface area contributed by atoms with Crippen molar-refractivity contribution < 1.29 is 9.21 Å². The van der Waals surface area contributed by atoms with Crippen LogP contribution >= 0.6 is 0 Å². The predicted octanol–water partition coefficient (Wildman–Crippen LogP) is 5.59. The molecule has 0 aliphatic heterocycles. The molecule has 34 heavy (non-hydrogen) atoms. The van der Waals surface area contributed by atoms with Crippen molar-refractivity contribution in [2.75, 3.05) is 12.4 Å². The molecule has 1 atom stereocenters. The molecule has 0 radical (unpaired) electrons. The normalized spacial score (nSPS) is 11.6. The van der Waals surface area contributed by atoms with Gasteiger partial charge in [0.05, 0.1) is 17.0 Å². The van der Waals surface area contributed by atoms with E-state index in [0.29, 0.717) is 39.1 Å². The standard InChI is InChI=1S/C29H26N2O3/c1-6-20-10-9-11-21(16-20)27-18(3)26(32)24-15-17(2)14-23(28(24)34-27)19(4)31-25-13-8-7-12-22(25)29(33)30-5/h1,7-16,19,31H,2-5H3,(H,30,33). The highest BCUT2D eigenvalue weighted by atomic mass is 16.3. The monoisotopic (exact) mass is 450 g/mol. The highest BCUT2D eigenvalue weighted by molar-refractivity contribution is 5.99. The van der Waals surface area contributed by atoms with Crippen LogP contribution in [0.15, 0.2) is 69.9 Å². The van der Waals surface area contributed by atoms with Gasteiger partial charge in [-0.15, -0.1) is 6.42 Å². The van der Waals surface area contributed by atoms with Gasteiger partial charge in [-0.3, -0.25) is 9.59 Å². The Morgan fingerprint density at radius 2 is 1.82 bits per heavy atom. The van der Waals surface area contributed by atoms with Gasteiger partial charge in [-0.05, 0) is 56.7 Å². The number of nitrogens with one attached hydrogen (secondary N) is 2. The molecule has 170 valence electrons. The van der Waals surface area contributed by atoms with E-state index in [0.717, 1.165) is 16.7 Å². The van der Waals surface area contributed by atoms with Crippen molar-refractivity contribution in [2.45, 2.75) is 26.8 Å². The molecule has 0 spiro atoms. The molecule has 0 bridgehead atoms. The van der Waals surface area contributed by atoms with Gasteiger partial charge in [0.1, 0.15) is 11.3 Å². The summed E-state index contributed by atoms with van der Waals surface area (Å²) in [6.07, 6.45) is 5.57. The summed E-state index contributed by atoms with van der Waals surface area (Å²) in [5, 5.41) is 6.62. The quantitative estimate of drug-likeness (QED) is 0.389. The van der Waals surface area contributed by atoms with E-state index in [9.17, 15) is 9.59 Å². The van der Waals surface area contributed by atoms with Gasteiger partial charge in [-0.2, -0.15) is 0 Å². The molecule has 0 saturated heterocycles. The lowest BCUT2D eigenvalue weighted by Crippen LogP contribution is -2.20. The molecule has 4 aromatic rings. The first kappa shape index (κ1) is 22.9.